The first kappa shape index (κ1) is 26.6. The average Bonchev–Trinajstić information content (AvgIpc) is 2.88. The highest BCUT2D eigenvalue weighted by molar-refractivity contribution is 5.83. The van der Waals surface area contributed by atoms with Gasteiger partial charge in [0.05, 0.1) is 5.56 Å². The van der Waals surface area contributed by atoms with Crippen LogP contribution in [0.1, 0.15) is 54.8 Å². The molecule has 196 valence electrons. The molecule has 1 heterocycles. The Labute approximate surface area is 210 Å². The van der Waals surface area contributed by atoms with Gasteiger partial charge in [-0.2, -0.15) is 13.2 Å². The summed E-state index contributed by atoms with van der Waals surface area (Å²) in [5, 5.41) is 0. The van der Waals surface area contributed by atoms with Crippen LogP contribution in [0.5, 0.6) is 0 Å². The van der Waals surface area contributed by atoms with Gasteiger partial charge in [0.2, 0.25) is 5.91 Å². The molecule has 0 N–H and O–H groups in total. The standard InChI is InChI=1S/C28H35F4N3O/c1-33(13-12-21-18-23(28(30,31)32)20-24(29)19-21)27(36)26(22-8-4-2-5-9-22)35-16-14-34(15-17-35)25-10-6-3-7-11-25/h2,4-5,8-9,18-20,25-26H,3,6-7,10-17H2,1H3. The highest BCUT2D eigenvalue weighted by Crippen LogP contribution is 2.31. The molecule has 1 aliphatic heterocycles. The fourth-order valence-corrected chi connectivity index (χ4v) is 5.53. The zero-order valence-corrected chi connectivity index (χ0v) is 20.8. The van der Waals surface area contributed by atoms with E-state index in [4.69, 9.17) is 0 Å². The Hall–Kier alpha value is -2.45. The number of benzene rings is 2. The van der Waals surface area contributed by atoms with Gasteiger partial charge in [0.25, 0.3) is 0 Å². The second-order valence-electron chi connectivity index (χ2n) is 10.0. The van der Waals surface area contributed by atoms with Crippen LogP contribution in [-0.2, 0) is 17.4 Å². The van der Waals surface area contributed by atoms with Crippen LogP contribution in [0.2, 0.25) is 0 Å². The topological polar surface area (TPSA) is 26.8 Å². The van der Waals surface area contributed by atoms with Crippen molar-refractivity contribution in [1.29, 1.82) is 0 Å². The Bertz CT molecular complexity index is 1000. The van der Waals surface area contributed by atoms with Crippen molar-refractivity contribution >= 4 is 5.91 Å². The number of alkyl halides is 3. The summed E-state index contributed by atoms with van der Waals surface area (Å²) in [6.07, 6.45) is 1.92. The maximum absolute atomic E-state index is 13.8. The number of halogens is 4. The summed E-state index contributed by atoms with van der Waals surface area (Å²) in [7, 11) is 1.67. The number of carbonyl (C=O) groups is 1. The first-order valence-corrected chi connectivity index (χ1v) is 12.9. The first-order chi connectivity index (χ1) is 17.2. The fourth-order valence-electron chi connectivity index (χ4n) is 5.53. The van der Waals surface area contributed by atoms with Crippen LogP contribution in [0, 0.1) is 5.82 Å². The molecule has 8 heteroatoms. The maximum atomic E-state index is 13.8. The molecule has 4 rings (SSSR count). The molecule has 1 saturated carbocycles. The molecule has 2 aromatic carbocycles. The van der Waals surface area contributed by atoms with E-state index in [1.54, 1.807) is 11.9 Å². The minimum Gasteiger partial charge on any atom is -0.344 e. The molecule has 2 aromatic rings. The molecule has 36 heavy (non-hydrogen) atoms. The smallest absolute Gasteiger partial charge is 0.344 e. The van der Waals surface area contributed by atoms with Gasteiger partial charge in [-0.1, -0.05) is 49.6 Å². The molecule has 1 atom stereocenters. The van der Waals surface area contributed by atoms with Crippen molar-refractivity contribution in [2.24, 2.45) is 0 Å². The van der Waals surface area contributed by atoms with Crippen molar-refractivity contribution in [1.82, 2.24) is 14.7 Å². The number of rotatable bonds is 7. The molecular formula is C28H35F4N3O. The van der Waals surface area contributed by atoms with Crippen molar-refractivity contribution in [2.45, 2.75) is 56.8 Å². The molecule has 0 radical (unpaired) electrons. The van der Waals surface area contributed by atoms with Crippen LogP contribution in [0.3, 0.4) is 0 Å². The van der Waals surface area contributed by atoms with Gasteiger partial charge in [0.1, 0.15) is 11.9 Å². The Morgan fingerprint density at radius 2 is 1.67 bits per heavy atom. The van der Waals surface area contributed by atoms with Gasteiger partial charge >= 0.3 is 6.18 Å². The highest BCUT2D eigenvalue weighted by Gasteiger charge is 2.34. The van der Waals surface area contributed by atoms with Crippen molar-refractivity contribution in [3.8, 4) is 0 Å². The molecule has 1 saturated heterocycles. The third kappa shape index (κ3) is 6.65. The van der Waals surface area contributed by atoms with Gasteiger partial charge in [-0.05, 0) is 48.6 Å². The Morgan fingerprint density at radius 3 is 2.31 bits per heavy atom. The second kappa shape index (κ2) is 11.7. The second-order valence-corrected chi connectivity index (χ2v) is 10.0. The Kier molecular flexibility index (Phi) is 8.67. The predicted octanol–water partition coefficient (Wildman–Crippen LogP) is 5.54. The number of amides is 1. The van der Waals surface area contributed by atoms with Crippen LogP contribution in [0.15, 0.2) is 48.5 Å². The molecule has 0 aromatic heterocycles. The lowest BCUT2D eigenvalue weighted by molar-refractivity contribution is -0.138. The molecule has 1 unspecified atom stereocenters. The van der Waals surface area contributed by atoms with E-state index in [1.165, 1.54) is 32.1 Å². The monoisotopic (exact) mass is 505 g/mol. The lowest BCUT2D eigenvalue weighted by atomic mass is 9.93. The minimum absolute atomic E-state index is 0.0974. The van der Waals surface area contributed by atoms with E-state index in [2.05, 4.69) is 9.80 Å². The van der Waals surface area contributed by atoms with E-state index >= 15 is 0 Å². The number of nitrogens with zero attached hydrogens (tertiary/aromatic N) is 3. The third-order valence-electron chi connectivity index (χ3n) is 7.55. The van der Waals surface area contributed by atoms with E-state index in [0.29, 0.717) is 12.1 Å². The molecule has 2 fully saturated rings. The van der Waals surface area contributed by atoms with Crippen molar-refractivity contribution in [3.05, 3.63) is 71.0 Å². The third-order valence-corrected chi connectivity index (χ3v) is 7.55. The number of hydrogen-bond acceptors (Lipinski definition) is 3. The first-order valence-electron chi connectivity index (χ1n) is 12.9. The van der Waals surface area contributed by atoms with Gasteiger partial charge < -0.3 is 4.90 Å². The van der Waals surface area contributed by atoms with Crippen molar-refractivity contribution in [3.63, 3.8) is 0 Å². The number of piperazine rings is 1. The summed E-state index contributed by atoms with van der Waals surface area (Å²) in [5.41, 5.74) is 0.120. The minimum atomic E-state index is -4.61. The lowest BCUT2D eigenvalue weighted by Gasteiger charge is -2.43. The van der Waals surface area contributed by atoms with Crippen LogP contribution in [-0.4, -0.2) is 66.4 Å². The molecule has 2 aliphatic rings. The zero-order chi connectivity index (χ0) is 25.7. The number of carbonyl (C=O) groups excluding carboxylic acids is 1. The molecule has 0 spiro atoms. The summed E-state index contributed by atoms with van der Waals surface area (Å²) in [6, 6.07) is 12.4. The zero-order valence-electron chi connectivity index (χ0n) is 20.8. The Morgan fingerprint density at radius 1 is 1.00 bits per heavy atom. The molecular weight excluding hydrogens is 470 g/mol. The predicted molar refractivity (Wildman–Crippen MR) is 132 cm³/mol. The summed E-state index contributed by atoms with van der Waals surface area (Å²) in [6.45, 7) is 3.62. The molecule has 1 amide bonds. The summed E-state index contributed by atoms with van der Waals surface area (Å²) in [4.78, 5) is 20.0. The molecule has 0 bridgehead atoms. The largest absolute Gasteiger partial charge is 0.416 e. The Balaban J connectivity index is 1.43. The van der Waals surface area contributed by atoms with Crippen molar-refractivity contribution in [2.75, 3.05) is 39.8 Å². The van der Waals surface area contributed by atoms with E-state index < -0.39 is 23.6 Å². The van der Waals surface area contributed by atoms with Gasteiger partial charge in [-0.3, -0.25) is 14.6 Å². The van der Waals surface area contributed by atoms with Gasteiger partial charge in [-0.25, -0.2) is 4.39 Å². The van der Waals surface area contributed by atoms with E-state index in [-0.39, 0.29) is 24.4 Å². The van der Waals surface area contributed by atoms with E-state index in [1.807, 2.05) is 30.3 Å². The van der Waals surface area contributed by atoms with Gasteiger partial charge in [0, 0.05) is 45.8 Å². The summed E-state index contributed by atoms with van der Waals surface area (Å²) >= 11 is 0. The number of hydrogen-bond donors (Lipinski definition) is 0. The SMILES string of the molecule is CN(CCc1cc(F)cc(C(F)(F)F)c1)C(=O)C(c1ccccc1)N1CCN(C2CCCCC2)CC1. The number of likely N-dealkylation sites (N-methyl/N-ethyl adjacent to an activating group) is 1. The van der Waals surface area contributed by atoms with Gasteiger partial charge in [-0.15, -0.1) is 0 Å². The van der Waals surface area contributed by atoms with E-state index in [9.17, 15) is 22.4 Å². The quantitative estimate of drug-likeness (QED) is 0.463. The normalized spacial score (nSPS) is 19.2. The van der Waals surface area contributed by atoms with E-state index in [0.717, 1.165) is 43.9 Å². The van der Waals surface area contributed by atoms with Crippen LogP contribution in [0.25, 0.3) is 0 Å². The lowest BCUT2D eigenvalue weighted by Crippen LogP contribution is -2.54. The highest BCUT2D eigenvalue weighted by atomic mass is 19.4. The van der Waals surface area contributed by atoms with Crippen LogP contribution in [0.4, 0.5) is 17.6 Å². The van der Waals surface area contributed by atoms with Gasteiger partial charge in [0.15, 0.2) is 0 Å². The summed E-state index contributed by atoms with van der Waals surface area (Å²) in [5.74, 6) is -1.02. The van der Waals surface area contributed by atoms with Crippen LogP contribution >= 0.6 is 0 Å². The fraction of sp³-hybridized carbons (Fsp3) is 0.536. The average molecular weight is 506 g/mol. The maximum Gasteiger partial charge on any atom is 0.416 e. The summed E-state index contributed by atoms with van der Waals surface area (Å²) < 4.78 is 53.1. The van der Waals surface area contributed by atoms with Crippen molar-refractivity contribution < 1.29 is 22.4 Å². The van der Waals surface area contributed by atoms with Crippen LogP contribution < -0.4 is 0 Å². The molecule has 4 nitrogen and oxygen atoms in total. The molecule has 1 aliphatic carbocycles.